The summed E-state index contributed by atoms with van der Waals surface area (Å²) in [5.74, 6) is -0.107. The second-order valence-corrected chi connectivity index (χ2v) is 13.1. The normalized spacial score (nSPS) is 22.3. The molecule has 222 valence electrons. The van der Waals surface area contributed by atoms with Crippen molar-refractivity contribution in [2.24, 2.45) is 0 Å². The predicted molar refractivity (Wildman–Crippen MR) is 156 cm³/mol. The number of halogens is 2. The molecule has 41 heavy (non-hydrogen) atoms. The van der Waals surface area contributed by atoms with E-state index in [4.69, 9.17) is 26.1 Å². The van der Waals surface area contributed by atoms with Crippen LogP contribution in [-0.2, 0) is 4.74 Å². The summed E-state index contributed by atoms with van der Waals surface area (Å²) >= 11 is 6.91. The summed E-state index contributed by atoms with van der Waals surface area (Å²) in [5.41, 5.74) is -0.297. The van der Waals surface area contributed by atoms with Crippen molar-refractivity contribution in [1.82, 2.24) is 19.7 Å². The van der Waals surface area contributed by atoms with E-state index in [1.54, 1.807) is 28.0 Å². The van der Waals surface area contributed by atoms with E-state index in [2.05, 4.69) is 23.6 Å². The number of nitrogens with zero attached hydrogens (tertiary/aromatic N) is 5. The molecule has 5 rings (SSSR count). The Labute approximate surface area is 246 Å². The summed E-state index contributed by atoms with van der Waals surface area (Å²) in [5, 5.41) is 0.0900. The SMILES string of the molecule is CN(C)C1CCN(c2nc(-c3ccccc3F)c(Cl)c3c2C(=O)N2CCN(C(=O)OC(C)(C)C)C[C@@H]2CO3)C1(C)C. The average molecular weight is 588 g/mol. The Morgan fingerprint density at radius 1 is 1.20 bits per heavy atom. The zero-order valence-electron chi connectivity index (χ0n) is 24.8. The van der Waals surface area contributed by atoms with Crippen LogP contribution in [0.25, 0.3) is 11.3 Å². The monoisotopic (exact) mass is 587 g/mol. The molecule has 0 saturated carbocycles. The number of hydrogen-bond acceptors (Lipinski definition) is 7. The van der Waals surface area contributed by atoms with Crippen molar-refractivity contribution in [2.45, 2.75) is 64.3 Å². The Morgan fingerprint density at radius 3 is 2.54 bits per heavy atom. The molecule has 2 aromatic rings. The Morgan fingerprint density at radius 2 is 1.90 bits per heavy atom. The lowest BCUT2D eigenvalue weighted by atomic mass is 9.94. The van der Waals surface area contributed by atoms with Crippen LogP contribution in [0.3, 0.4) is 0 Å². The first-order valence-corrected chi connectivity index (χ1v) is 14.4. The molecule has 11 heteroatoms. The van der Waals surface area contributed by atoms with E-state index >= 15 is 4.39 Å². The third-order valence-corrected chi connectivity index (χ3v) is 8.60. The highest BCUT2D eigenvalue weighted by Crippen LogP contribution is 2.47. The number of ether oxygens (including phenoxy) is 2. The number of fused-ring (bicyclic) bond motifs is 2. The number of piperazine rings is 1. The highest BCUT2D eigenvalue weighted by Gasteiger charge is 2.47. The fourth-order valence-corrected chi connectivity index (χ4v) is 6.60. The van der Waals surface area contributed by atoms with E-state index in [1.807, 2.05) is 34.9 Å². The number of carbonyl (C=O) groups excluding carboxylic acids is 2. The van der Waals surface area contributed by atoms with Gasteiger partial charge in [-0.25, -0.2) is 14.2 Å². The summed E-state index contributed by atoms with van der Waals surface area (Å²) in [6, 6.07) is 6.09. The van der Waals surface area contributed by atoms with Crippen molar-refractivity contribution >= 4 is 29.4 Å². The van der Waals surface area contributed by atoms with E-state index in [-0.39, 0.29) is 52.7 Å². The molecule has 2 amide bonds. The van der Waals surface area contributed by atoms with Gasteiger partial charge in [0.1, 0.15) is 34.4 Å². The molecule has 3 aliphatic heterocycles. The second-order valence-electron chi connectivity index (χ2n) is 12.7. The number of hydrogen-bond donors (Lipinski definition) is 0. The lowest BCUT2D eigenvalue weighted by Gasteiger charge is -2.41. The zero-order chi connectivity index (χ0) is 29.9. The summed E-state index contributed by atoms with van der Waals surface area (Å²) in [4.78, 5) is 39.7. The van der Waals surface area contributed by atoms with Gasteiger partial charge < -0.3 is 29.1 Å². The minimum absolute atomic E-state index is 0.0900. The molecular weight excluding hydrogens is 549 g/mol. The van der Waals surface area contributed by atoms with E-state index < -0.39 is 29.1 Å². The van der Waals surface area contributed by atoms with Crippen LogP contribution in [0.15, 0.2) is 24.3 Å². The number of rotatable bonds is 3. The molecule has 0 N–H and O–H groups in total. The van der Waals surface area contributed by atoms with Crippen molar-refractivity contribution in [3.05, 3.63) is 40.7 Å². The van der Waals surface area contributed by atoms with Gasteiger partial charge in [-0.3, -0.25) is 4.79 Å². The third kappa shape index (κ3) is 5.32. The quantitative estimate of drug-likeness (QED) is 0.505. The number of likely N-dealkylation sites (N-methyl/N-ethyl adjacent to an activating group) is 1. The summed E-state index contributed by atoms with van der Waals surface area (Å²) in [6.07, 6.45) is 0.433. The Balaban J connectivity index is 1.60. The standard InChI is InChI=1S/C30H39ClFN5O4/c1-29(2,3)41-28(39)35-14-15-36-18(16-35)17-40-25-22(27(36)38)26(37-13-12-21(34(6)7)30(37,4)5)33-24(23(25)31)19-10-8-9-11-20(19)32/h8-11,18,21H,12-17H2,1-7H3/t18-,21?/m1/s1. The fourth-order valence-electron chi connectivity index (χ4n) is 6.31. The van der Waals surface area contributed by atoms with Gasteiger partial charge in [0.05, 0.1) is 17.3 Å². The molecule has 2 saturated heterocycles. The minimum atomic E-state index is -0.635. The molecule has 0 spiro atoms. The van der Waals surface area contributed by atoms with Crippen LogP contribution in [-0.4, -0.2) is 102 Å². The van der Waals surface area contributed by atoms with Gasteiger partial charge in [0.25, 0.3) is 5.91 Å². The first-order valence-electron chi connectivity index (χ1n) is 14.0. The number of aromatic nitrogens is 1. The van der Waals surface area contributed by atoms with Gasteiger partial charge in [-0.2, -0.15) is 0 Å². The van der Waals surface area contributed by atoms with Gasteiger partial charge in [0, 0.05) is 37.8 Å². The predicted octanol–water partition coefficient (Wildman–Crippen LogP) is 4.91. The van der Waals surface area contributed by atoms with Gasteiger partial charge in [-0.05, 0) is 67.3 Å². The number of pyridine rings is 1. The van der Waals surface area contributed by atoms with Crippen molar-refractivity contribution < 1.29 is 23.5 Å². The van der Waals surface area contributed by atoms with Crippen LogP contribution in [0.4, 0.5) is 15.0 Å². The molecular formula is C30H39ClFN5O4. The highest BCUT2D eigenvalue weighted by molar-refractivity contribution is 6.35. The average Bonchev–Trinajstić information content (AvgIpc) is 3.12. The number of amides is 2. The van der Waals surface area contributed by atoms with Crippen molar-refractivity contribution in [2.75, 3.05) is 51.8 Å². The van der Waals surface area contributed by atoms with E-state index in [1.165, 1.54) is 6.07 Å². The largest absolute Gasteiger partial charge is 0.489 e. The molecule has 1 unspecified atom stereocenters. The highest BCUT2D eigenvalue weighted by atomic mass is 35.5. The van der Waals surface area contributed by atoms with Crippen LogP contribution in [0.1, 0.15) is 51.4 Å². The Bertz CT molecular complexity index is 1360. The first-order chi connectivity index (χ1) is 19.2. The molecule has 1 aromatic heterocycles. The van der Waals surface area contributed by atoms with E-state index in [0.29, 0.717) is 25.5 Å². The van der Waals surface area contributed by atoms with Crippen LogP contribution in [0, 0.1) is 5.82 Å². The summed E-state index contributed by atoms with van der Waals surface area (Å²) in [7, 11) is 4.08. The summed E-state index contributed by atoms with van der Waals surface area (Å²) < 4.78 is 27.0. The van der Waals surface area contributed by atoms with Crippen LogP contribution in [0.2, 0.25) is 5.02 Å². The molecule has 9 nitrogen and oxygen atoms in total. The maximum atomic E-state index is 15.1. The Hall–Kier alpha value is -3.11. The topological polar surface area (TPSA) is 78.5 Å². The van der Waals surface area contributed by atoms with Crippen LogP contribution < -0.4 is 9.64 Å². The van der Waals surface area contributed by atoms with Crippen molar-refractivity contribution in [1.29, 1.82) is 0 Å². The van der Waals surface area contributed by atoms with E-state index in [9.17, 15) is 9.59 Å². The molecule has 1 aromatic carbocycles. The maximum Gasteiger partial charge on any atom is 0.410 e. The molecule has 2 atom stereocenters. The minimum Gasteiger partial charge on any atom is -0.489 e. The maximum absolute atomic E-state index is 15.1. The van der Waals surface area contributed by atoms with Gasteiger partial charge >= 0.3 is 6.09 Å². The number of benzene rings is 1. The van der Waals surface area contributed by atoms with Gasteiger partial charge in [-0.1, -0.05) is 23.7 Å². The van der Waals surface area contributed by atoms with Crippen molar-refractivity contribution in [3.8, 4) is 17.0 Å². The van der Waals surface area contributed by atoms with Crippen LogP contribution in [0.5, 0.6) is 5.75 Å². The molecule has 3 aliphatic rings. The molecule has 0 aliphatic carbocycles. The molecule has 2 fully saturated rings. The molecule has 4 heterocycles. The third-order valence-electron chi connectivity index (χ3n) is 8.25. The first kappa shape index (κ1) is 29.4. The zero-order valence-corrected chi connectivity index (χ0v) is 25.6. The van der Waals surface area contributed by atoms with Gasteiger partial charge in [0.2, 0.25) is 0 Å². The van der Waals surface area contributed by atoms with Gasteiger partial charge in [0.15, 0.2) is 5.75 Å². The lowest BCUT2D eigenvalue weighted by Crippen LogP contribution is -2.58. The van der Waals surface area contributed by atoms with E-state index in [0.717, 1.165) is 6.42 Å². The smallest absolute Gasteiger partial charge is 0.410 e. The van der Waals surface area contributed by atoms with Crippen molar-refractivity contribution in [3.63, 3.8) is 0 Å². The number of anilines is 1. The summed E-state index contributed by atoms with van der Waals surface area (Å²) in [6.45, 7) is 11.4. The number of carbonyl (C=O) groups is 2. The molecule has 0 bridgehead atoms. The van der Waals surface area contributed by atoms with Gasteiger partial charge in [-0.15, -0.1) is 0 Å². The second kappa shape index (κ2) is 10.6. The fraction of sp³-hybridized carbons (Fsp3) is 0.567. The molecule has 0 radical (unpaired) electrons. The Kier molecular flexibility index (Phi) is 7.61. The lowest BCUT2D eigenvalue weighted by molar-refractivity contribution is 0.000951. The van der Waals surface area contributed by atoms with Crippen LogP contribution >= 0.6 is 11.6 Å².